The summed E-state index contributed by atoms with van der Waals surface area (Å²) in [6.07, 6.45) is 6.16. The summed E-state index contributed by atoms with van der Waals surface area (Å²) in [7, 11) is 1.83. The van der Waals surface area contributed by atoms with E-state index in [1.807, 2.05) is 21.7 Å². The fraction of sp³-hybridized carbons (Fsp3) is 0.619. The Bertz CT molecular complexity index is 633. The molecule has 0 radical (unpaired) electrons. The molecular weight excluding hydrogens is 345 g/mol. The molecule has 1 aromatic rings. The molecule has 6 heteroatoms. The topological polar surface area (TPSA) is 43.9 Å². The zero-order chi connectivity index (χ0) is 19.2. The van der Waals surface area contributed by atoms with Crippen LogP contribution in [0.4, 0.5) is 10.1 Å². The molecule has 2 aliphatic heterocycles. The SMILES string of the molecule is CN(CC(=O)N1CCC(C(=O)N2CCCCCC2)CC1)c1ccc(F)cc1. The molecule has 27 heavy (non-hydrogen) atoms. The molecule has 5 nitrogen and oxygen atoms in total. The monoisotopic (exact) mass is 375 g/mol. The molecule has 1 aromatic carbocycles. The highest BCUT2D eigenvalue weighted by Crippen LogP contribution is 2.22. The number of piperidine rings is 1. The molecule has 0 spiro atoms. The minimum atomic E-state index is -0.283. The third-order valence-electron chi connectivity index (χ3n) is 5.75. The van der Waals surface area contributed by atoms with Crippen LogP contribution >= 0.6 is 0 Å². The summed E-state index contributed by atoms with van der Waals surface area (Å²) < 4.78 is 13.0. The number of rotatable bonds is 4. The molecule has 0 unspecified atom stereocenters. The first kappa shape index (κ1) is 19.6. The summed E-state index contributed by atoms with van der Waals surface area (Å²) in [5, 5.41) is 0. The summed E-state index contributed by atoms with van der Waals surface area (Å²) in [4.78, 5) is 31.1. The van der Waals surface area contributed by atoms with E-state index in [-0.39, 0.29) is 30.1 Å². The van der Waals surface area contributed by atoms with E-state index in [1.165, 1.54) is 25.0 Å². The lowest BCUT2D eigenvalue weighted by atomic mass is 9.95. The van der Waals surface area contributed by atoms with E-state index in [9.17, 15) is 14.0 Å². The Labute approximate surface area is 161 Å². The van der Waals surface area contributed by atoms with Crippen LogP contribution in [0.1, 0.15) is 38.5 Å². The Balaban J connectivity index is 1.47. The van der Waals surface area contributed by atoms with E-state index in [0.29, 0.717) is 13.1 Å². The van der Waals surface area contributed by atoms with E-state index in [0.717, 1.165) is 44.5 Å². The van der Waals surface area contributed by atoms with Gasteiger partial charge in [-0.25, -0.2) is 4.39 Å². The minimum absolute atomic E-state index is 0.0574. The normalized spacial score (nSPS) is 18.9. The molecular formula is C21H30FN3O2. The van der Waals surface area contributed by atoms with Crippen LogP contribution in [0.25, 0.3) is 0 Å². The van der Waals surface area contributed by atoms with Gasteiger partial charge in [-0.1, -0.05) is 12.8 Å². The molecule has 0 atom stereocenters. The van der Waals surface area contributed by atoms with Crippen molar-refractivity contribution >= 4 is 17.5 Å². The first-order chi connectivity index (χ1) is 13.0. The van der Waals surface area contributed by atoms with Crippen molar-refractivity contribution in [3.05, 3.63) is 30.1 Å². The van der Waals surface area contributed by atoms with Crippen LogP contribution in [0.3, 0.4) is 0 Å². The zero-order valence-corrected chi connectivity index (χ0v) is 16.2. The van der Waals surface area contributed by atoms with E-state index in [2.05, 4.69) is 0 Å². The van der Waals surface area contributed by atoms with Gasteiger partial charge in [-0.3, -0.25) is 9.59 Å². The predicted octanol–water partition coefficient (Wildman–Crippen LogP) is 2.90. The number of anilines is 1. The lowest BCUT2D eigenvalue weighted by Gasteiger charge is -2.35. The first-order valence-electron chi connectivity index (χ1n) is 10.1. The number of hydrogen-bond acceptors (Lipinski definition) is 3. The van der Waals surface area contributed by atoms with Gasteiger partial charge in [0.2, 0.25) is 11.8 Å². The molecule has 2 fully saturated rings. The van der Waals surface area contributed by atoms with E-state index in [4.69, 9.17) is 0 Å². The number of hydrogen-bond donors (Lipinski definition) is 0. The van der Waals surface area contributed by atoms with E-state index < -0.39 is 0 Å². The lowest BCUT2D eigenvalue weighted by molar-refractivity contribution is -0.140. The number of halogens is 1. The number of likely N-dealkylation sites (N-methyl/N-ethyl adjacent to an activating group) is 1. The van der Waals surface area contributed by atoms with Crippen molar-refractivity contribution in [3.8, 4) is 0 Å². The number of carbonyl (C=O) groups is 2. The van der Waals surface area contributed by atoms with Gasteiger partial charge in [0.1, 0.15) is 5.82 Å². The quantitative estimate of drug-likeness (QED) is 0.813. The molecule has 0 N–H and O–H groups in total. The van der Waals surface area contributed by atoms with Crippen molar-refractivity contribution in [2.45, 2.75) is 38.5 Å². The summed E-state index contributed by atoms with van der Waals surface area (Å²) in [5.74, 6) is 0.117. The third-order valence-corrected chi connectivity index (χ3v) is 5.75. The Hall–Kier alpha value is -2.11. The predicted molar refractivity (Wildman–Crippen MR) is 104 cm³/mol. The minimum Gasteiger partial charge on any atom is -0.365 e. The Morgan fingerprint density at radius 1 is 0.963 bits per heavy atom. The fourth-order valence-electron chi connectivity index (χ4n) is 4.01. The average molecular weight is 375 g/mol. The molecule has 148 valence electrons. The summed E-state index contributed by atoms with van der Waals surface area (Å²) in [5.41, 5.74) is 0.816. The van der Waals surface area contributed by atoms with Crippen molar-refractivity contribution in [3.63, 3.8) is 0 Å². The van der Waals surface area contributed by atoms with Crippen molar-refractivity contribution < 1.29 is 14.0 Å². The molecule has 2 aliphatic rings. The van der Waals surface area contributed by atoms with Gasteiger partial charge in [0, 0.05) is 44.8 Å². The smallest absolute Gasteiger partial charge is 0.242 e. The standard InChI is InChI=1S/C21H30FN3O2/c1-23(19-8-6-18(22)7-9-19)16-20(26)24-14-10-17(11-15-24)21(27)25-12-4-2-3-5-13-25/h6-9,17H,2-5,10-16H2,1H3. The molecule has 0 saturated carbocycles. The average Bonchev–Trinajstić information content (AvgIpc) is 2.97. The van der Waals surface area contributed by atoms with Crippen molar-refractivity contribution in [2.75, 3.05) is 44.7 Å². The number of likely N-dealkylation sites (tertiary alicyclic amines) is 2. The maximum atomic E-state index is 13.0. The molecule has 3 rings (SSSR count). The molecule has 2 heterocycles. The Morgan fingerprint density at radius 2 is 1.56 bits per heavy atom. The molecule has 2 amide bonds. The van der Waals surface area contributed by atoms with E-state index in [1.54, 1.807) is 12.1 Å². The van der Waals surface area contributed by atoms with Gasteiger partial charge in [0.05, 0.1) is 6.54 Å². The summed E-state index contributed by atoms with van der Waals surface area (Å²) >= 11 is 0. The summed E-state index contributed by atoms with van der Waals surface area (Å²) in [6, 6.07) is 6.15. The molecule has 0 bridgehead atoms. The van der Waals surface area contributed by atoms with Gasteiger partial charge in [-0.2, -0.15) is 0 Å². The van der Waals surface area contributed by atoms with Gasteiger partial charge in [0.15, 0.2) is 0 Å². The fourth-order valence-corrected chi connectivity index (χ4v) is 4.01. The molecule has 2 saturated heterocycles. The first-order valence-corrected chi connectivity index (χ1v) is 10.1. The van der Waals surface area contributed by atoms with Crippen molar-refractivity contribution in [2.24, 2.45) is 5.92 Å². The van der Waals surface area contributed by atoms with E-state index >= 15 is 0 Å². The maximum absolute atomic E-state index is 13.0. The van der Waals surface area contributed by atoms with Crippen molar-refractivity contribution in [1.82, 2.24) is 9.80 Å². The van der Waals surface area contributed by atoms with Crippen LogP contribution in [-0.4, -0.2) is 61.4 Å². The third kappa shape index (κ3) is 5.21. The number of nitrogens with zero attached hydrogens (tertiary/aromatic N) is 3. The zero-order valence-electron chi connectivity index (χ0n) is 16.2. The second-order valence-corrected chi connectivity index (χ2v) is 7.73. The number of amides is 2. The molecule has 0 aliphatic carbocycles. The lowest BCUT2D eigenvalue weighted by Crippen LogP contribution is -2.47. The van der Waals surface area contributed by atoms with Gasteiger partial charge in [-0.15, -0.1) is 0 Å². The van der Waals surface area contributed by atoms with Crippen LogP contribution in [0.15, 0.2) is 24.3 Å². The highest BCUT2D eigenvalue weighted by Gasteiger charge is 2.30. The highest BCUT2D eigenvalue weighted by atomic mass is 19.1. The van der Waals surface area contributed by atoms with Gasteiger partial charge < -0.3 is 14.7 Å². The summed E-state index contributed by atoms with van der Waals surface area (Å²) in [6.45, 7) is 3.32. The van der Waals surface area contributed by atoms with Crippen LogP contribution in [-0.2, 0) is 9.59 Å². The second kappa shape index (κ2) is 9.20. The van der Waals surface area contributed by atoms with Gasteiger partial charge in [-0.05, 0) is 49.9 Å². The van der Waals surface area contributed by atoms with Crippen LogP contribution in [0.2, 0.25) is 0 Å². The van der Waals surface area contributed by atoms with Crippen LogP contribution in [0, 0.1) is 11.7 Å². The van der Waals surface area contributed by atoms with Gasteiger partial charge >= 0.3 is 0 Å². The van der Waals surface area contributed by atoms with Crippen LogP contribution < -0.4 is 4.90 Å². The second-order valence-electron chi connectivity index (χ2n) is 7.73. The maximum Gasteiger partial charge on any atom is 0.242 e. The van der Waals surface area contributed by atoms with Crippen molar-refractivity contribution in [1.29, 1.82) is 0 Å². The largest absolute Gasteiger partial charge is 0.365 e. The highest BCUT2D eigenvalue weighted by molar-refractivity contribution is 5.82. The number of carbonyl (C=O) groups excluding carboxylic acids is 2. The Morgan fingerprint density at radius 3 is 2.15 bits per heavy atom. The number of benzene rings is 1. The van der Waals surface area contributed by atoms with Crippen LogP contribution in [0.5, 0.6) is 0 Å². The van der Waals surface area contributed by atoms with Gasteiger partial charge in [0.25, 0.3) is 0 Å². The molecule has 0 aromatic heterocycles. The Kier molecular flexibility index (Phi) is 6.69.